The topological polar surface area (TPSA) is 63.3 Å². The van der Waals surface area contributed by atoms with E-state index in [9.17, 15) is 4.79 Å². The average Bonchev–Trinajstić information content (AvgIpc) is 2.49. The highest BCUT2D eigenvalue weighted by molar-refractivity contribution is 7.10. The lowest BCUT2D eigenvalue weighted by atomic mass is 10.2. The molecule has 0 unspecified atom stereocenters. The second-order valence-corrected chi connectivity index (χ2v) is 4.10. The van der Waals surface area contributed by atoms with E-state index in [1.165, 1.54) is 0 Å². The van der Waals surface area contributed by atoms with Crippen LogP contribution in [0.15, 0.2) is 17.5 Å². The number of nitrogens with two attached hydrogens (primary N) is 1. The molecule has 1 saturated carbocycles. The summed E-state index contributed by atoms with van der Waals surface area (Å²) in [5.74, 6) is -0.851. The van der Waals surface area contributed by atoms with Crippen LogP contribution in [-0.4, -0.2) is 16.6 Å². The molecule has 2 rings (SSSR count). The molecule has 1 fully saturated rings. The summed E-state index contributed by atoms with van der Waals surface area (Å²) < 4.78 is 0. The molecular formula is C8H9NO2S. The zero-order chi connectivity index (χ0) is 8.77. The van der Waals surface area contributed by atoms with Crippen molar-refractivity contribution in [2.75, 3.05) is 0 Å². The van der Waals surface area contributed by atoms with Gasteiger partial charge in [-0.3, -0.25) is 4.79 Å². The van der Waals surface area contributed by atoms with Gasteiger partial charge in [0.05, 0.1) is 0 Å². The van der Waals surface area contributed by atoms with Crippen molar-refractivity contribution in [1.82, 2.24) is 0 Å². The van der Waals surface area contributed by atoms with Crippen molar-refractivity contribution in [2.24, 2.45) is 5.73 Å². The summed E-state index contributed by atoms with van der Waals surface area (Å²) >= 11 is 1.57. The summed E-state index contributed by atoms with van der Waals surface area (Å²) in [6, 6.07) is 3.85. The molecule has 3 N–H and O–H groups in total. The lowest BCUT2D eigenvalue weighted by Gasteiger charge is -2.02. The molecule has 64 valence electrons. The largest absolute Gasteiger partial charge is 0.480 e. The Bertz CT molecular complexity index is 309. The van der Waals surface area contributed by atoms with E-state index in [0.29, 0.717) is 6.42 Å². The third-order valence-electron chi connectivity index (χ3n) is 2.29. The monoisotopic (exact) mass is 183 g/mol. The van der Waals surface area contributed by atoms with E-state index in [2.05, 4.69) is 0 Å². The van der Waals surface area contributed by atoms with E-state index in [0.717, 1.165) is 4.88 Å². The summed E-state index contributed by atoms with van der Waals surface area (Å²) in [6.45, 7) is 0. The van der Waals surface area contributed by atoms with Crippen LogP contribution in [-0.2, 0) is 4.79 Å². The Kier molecular flexibility index (Phi) is 1.49. The molecule has 2 atom stereocenters. The van der Waals surface area contributed by atoms with Crippen LogP contribution in [0.3, 0.4) is 0 Å². The predicted octanol–water partition coefficient (Wildman–Crippen LogP) is 1.02. The first-order valence-electron chi connectivity index (χ1n) is 3.70. The van der Waals surface area contributed by atoms with Gasteiger partial charge in [0, 0.05) is 10.8 Å². The van der Waals surface area contributed by atoms with Gasteiger partial charge >= 0.3 is 5.97 Å². The van der Waals surface area contributed by atoms with Gasteiger partial charge in [0.15, 0.2) is 0 Å². The Labute approximate surface area is 73.8 Å². The fourth-order valence-electron chi connectivity index (χ4n) is 1.36. The standard InChI is InChI=1S/C8H9NO2S/c9-8(7(10)11)4-5(8)6-2-1-3-12-6/h1-3,5H,4,9H2,(H,10,11)/t5-,8-/m0/s1. The molecule has 1 aromatic rings. The van der Waals surface area contributed by atoms with Crippen LogP contribution in [0.4, 0.5) is 0 Å². The second-order valence-electron chi connectivity index (χ2n) is 3.12. The molecule has 1 aromatic heterocycles. The number of hydrogen-bond acceptors (Lipinski definition) is 3. The minimum absolute atomic E-state index is 0.0370. The van der Waals surface area contributed by atoms with Crippen LogP contribution in [0, 0.1) is 0 Å². The molecule has 3 nitrogen and oxygen atoms in total. The Balaban J connectivity index is 2.19. The lowest BCUT2D eigenvalue weighted by molar-refractivity contribution is -0.139. The molecule has 0 spiro atoms. The number of rotatable bonds is 2. The summed E-state index contributed by atoms with van der Waals surface area (Å²) in [5.41, 5.74) is 4.65. The fourth-order valence-corrected chi connectivity index (χ4v) is 2.29. The van der Waals surface area contributed by atoms with Crippen molar-refractivity contribution < 1.29 is 9.90 Å². The summed E-state index contributed by atoms with van der Waals surface area (Å²) in [4.78, 5) is 11.8. The van der Waals surface area contributed by atoms with E-state index in [1.807, 2.05) is 17.5 Å². The van der Waals surface area contributed by atoms with E-state index < -0.39 is 11.5 Å². The fraction of sp³-hybridized carbons (Fsp3) is 0.375. The number of hydrogen-bond donors (Lipinski definition) is 2. The first kappa shape index (κ1) is 7.76. The molecular weight excluding hydrogens is 174 g/mol. The van der Waals surface area contributed by atoms with Gasteiger partial charge in [-0.15, -0.1) is 11.3 Å². The summed E-state index contributed by atoms with van der Waals surface area (Å²) in [6.07, 6.45) is 0.572. The Morgan fingerprint density at radius 3 is 3.00 bits per heavy atom. The molecule has 1 aliphatic carbocycles. The first-order chi connectivity index (χ1) is 5.64. The SMILES string of the molecule is N[C@@]1(C(=O)O)C[C@H]1c1cccs1. The van der Waals surface area contributed by atoms with Crippen molar-refractivity contribution in [3.63, 3.8) is 0 Å². The molecule has 0 radical (unpaired) electrons. The number of aliphatic carboxylic acids is 1. The highest BCUT2D eigenvalue weighted by Gasteiger charge is 2.58. The van der Waals surface area contributed by atoms with E-state index in [1.54, 1.807) is 11.3 Å². The van der Waals surface area contributed by atoms with Crippen molar-refractivity contribution in [3.8, 4) is 0 Å². The maximum absolute atomic E-state index is 10.7. The Hall–Kier alpha value is -0.870. The zero-order valence-electron chi connectivity index (χ0n) is 6.36. The number of carbonyl (C=O) groups is 1. The Morgan fingerprint density at radius 2 is 2.58 bits per heavy atom. The average molecular weight is 183 g/mol. The molecule has 0 amide bonds. The van der Waals surface area contributed by atoms with Crippen molar-refractivity contribution in [1.29, 1.82) is 0 Å². The van der Waals surface area contributed by atoms with Crippen molar-refractivity contribution in [2.45, 2.75) is 17.9 Å². The highest BCUT2D eigenvalue weighted by Crippen LogP contribution is 2.50. The lowest BCUT2D eigenvalue weighted by Crippen LogP contribution is -2.34. The van der Waals surface area contributed by atoms with Gasteiger partial charge in [0.25, 0.3) is 0 Å². The summed E-state index contributed by atoms with van der Waals surface area (Å²) in [5, 5.41) is 10.7. The predicted molar refractivity (Wildman–Crippen MR) is 46.2 cm³/mol. The third kappa shape index (κ3) is 0.956. The smallest absolute Gasteiger partial charge is 0.324 e. The molecule has 0 bridgehead atoms. The van der Waals surface area contributed by atoms with Crippen LogP contribution in [0.1, 0.15) is 17.2 Å². The van der Waals surface area contributed by atoms with Gasteiger partial charge < -0.3 is 10.8 Å². The van der Waals surface area contributed by atoms with E-state index >= 15 is 0 Å². The number of carboxylic acids is 1. The van der Waals surface area contributed by atoms with Gasteiger partial charge in [-0.25, -0.2) is 0 Å². The maximum Gasteiger partial charge on any atom is 0.324 e. The molecule has 0 aliphatic heterocycles. The van der Waals surface area contributed by atoms with Crippen LogP contribution >= 0.6 is 11.3 Å². The van der Waals surface area contributed by atoms with Crippen molar-refractivity contribution >= 4 is 17.3 Å². The number of thiophene rings is 1. The molecule has 0 aromatic carbocycles. The maximum atomic E-state index is 10.7. The van der Waals surface area contributed by atoms with Gasteiger partial charge in [0.1, 0.15) is 5.54 Å². The van der Waals surface area contributed by atoms with Crippen LogP contribution in [0.25, 0.3) is 0 Å². The zero-order valence-corrected chi connectivity index (χ0v) is 7.17. The molecule has 1 heterocycles. The molecule has 4 heteroatoms. The van der Waals surface area contributed by atoms with Gasteiger partial charge in [-0.05, 0) is 17.9 Å². The van der Waals surface area contributed by atoms with Crippen LogP contribution in [0.2, 0.25) is 0 Å². The highest BCUT2D eigenvalue weighted by atomic mass is 32.1. The van der Waals surface area contributed by atoms with Crippen LogP contribution < -0.4 is 5.73 Å². The van der Waals surface area contributed by atoms with Gasteiger partial charge in [-0.1, -0.05) is 6.07 Å². The quantitative estimate of drug-likeness (QED) is 0.719. The van der Waals surface area contributed by atoms with E-state index in [-0.39, 0.29) is 5.92 Å². The third-order valence-corrected chi connectivity index (χ3v) is 3.27. The van der Waals surface area contributed by atoms with E-state index in [4.69, 9.17) is 10.8 Å². The number of carboxylic acid groups (broad SMARTS) is 1. The minimum atomic E-state index is -0.981. The molecule has 0 saturated heterocycles. The Morgan fingerprint density at radius 1 is 1.83 bits per heavy atom. The second kappa shape index (κ2) is 2.31. The van der Waals surface area contributed by atoms with Gasteiger partial charge in [-0.2, -0.15) is 0 Å². The summed E-state index contributed by atoms with van der Waals surface area (Å²) in [7, 11) is 0. The van der Waals surface area contributed by atoms with Crippen LogP contribution in [0.5, 0.6) is 0 Å². The molecule has 1 aliphatic rings. The normalized spacial score (nSPS) is 33.2. The van der Waals surface area contributed by atoms with Gasteiger partial charge in [0.2, 0.25) is 0 Å². The first-order valence-corrected chi connectivity index (χ1v) is 4.58. The molecule has 12 heavy (non-hydrogen) atoms. The minimum Gasteiger partial charge on any atom is -0.480 e. The van der Waals surface area contributed by atoms with Crippen molar-refractivity contribution in [3.05, 3.63) is 22.4 Å².